The van der Waals surface area contributed by atoms with Crippen LogP contribution >= 0.6 is 0 Å². The summed E-state index contributed by atoms with van der Waals surface area (Å²) in [6, 6.07) is 0. The summed E-state index contributed by atoms with van der Waals surface area (Å²) >= 11 is 0. The van der Waals surface area contributed by atoms with Crippen molar-refractivity contribution in [1.82, 2.24) is 0 Å². The van der Waals surface area contributed by atoms with E-state index in [0.29, 0.717) is 0 Å². The van der Waals surface area contributed by atoms with Gasteiger partial charge in [-0.15, -0.1) is 0 Å². The molecule has 116 valence electrons. The van der Waals surface area contributed by atoms with E-state index in [0.717, 1.165) is 31.4 Å². The first kappa shape index (κ1) is 16.1. The van der Waals surface area contributed by atoms with E-state index in [-0.39, 0.29) is 18.8 Å². The van der Waals surface area contributed by atoms with Crippen molar-refractivity contribution < 1.29 is 14.6 Å². The predicted octanol–water partition coefficient (Wildman–Crippen LogP) is 3.67. The topological polar surface area (TPSA) is 38.7 Å². The second kappa shape index (κ2) is 7.62. The number of aliphatic hydroxyl groups is 1. The Labute approximate surface area is 127 Å². The molecule has 3 nitrogen and oxygen atoms in total. The molecule has 1 unspecified atom stereocenters. The van der Waals surface area contributed by atoms with Crippen molar-refractivity contribution in [1.29, 1.82) is 0 Å². The van der Waals surface area contributed by atoms with Crippen LogP contribution in [0.3, 0.4) is 0 Å². The Morgan fingerprint density at radius 3 is 2.43 bits per heavy atom. The van der Waals surface area contributed by atoms with Gasteiger partial charge in [0.1, 0.15) is 12.7 Å². The smallest absolute Gasteiger partial charge is 0.116 e. The fourth-order valence-electron chi connectivity index (χ4n) is 2.45. The Balaban J connectivity index is 1.73. The van der Waals surface area contributed by atoms with Crippen LogP contribution in [-0.4, -0.2) is 30.0 Å². The molecular formula is C18H26O3. The van der Waals surface area contributed by atoms with E-state index in [1.807, 2.05) is 12.2 Å². The first-order valence-corrected chi connectivity index (χ1v) is 7.74. The number of allylic oxidation sites excluding steroid dienone is 7. The van der Waals surface area contributed by atoms with Crippen LogP contribution in [0.15, 0.2) is 47.8 Å². The summed E-state index contributed by atoms with van der Waals surface area (Å²) in [6.07, 6.45) is 15.8. The molecule has 0 radical (unpaired) electrons. The van der Waals surface area contributed by atoms with E-state index < -0.39 is 6.10 Å². The van der Waals surface area contributed by atoms with Gasteiger partial charge in [-0.05, 0) is 44.8 Å². The number of hydrogen-bond acceptors (Lipinski definition) is 3. The molecule has 0 aliphatic heterocycles. The minimum atomic E-state index is -0.601. The third kappa shape index (κ3) is 5.18. The summed E-state index contributed by atoms with van der Waals surface area (Å²) < 4.78 is 11.5. The lowest BCUT2D eigenvalue weighted by molar-refractivity contribution is -0.0585. The second-order valence-electron chi connectivity index (χ2n) is 6.04. The first-order chi connectivity index (χ1) is 10.1. The van der Waals surface area contributed by atoms with Crippen LogP contribution in [0.2, 0.25) is 0 Å². The molecule has 1 atom stereocenters. The number of aliphatic hydroxyl groups excluding tert-OH is 1. The van der Waals surface area contributed by atoms with Crippen molar-refractivity contribution >= 4 is 0 Å². The van der Waals surface area contributed by atoms with Crippen LogP contribution in [0.4, 0.5) is 0 Å². The highest BCUT2D eigenvalue weighted by Crippen LogP contribution is 2.27. The molecule has 0 fully saturated rings. The van der Waals surface area contributed by atoms with Crippen LogP contribution < -0.4 is 0 Å². The maximum absolute atomic E-state index is 10.0. The monoisotopic (exact) mass is 290 g/mol. The summed E-state index contributed by atoms with van der Waals surface area (Å²) in [6.45, 7) is 4.69. The molecule has 0 aromatic heterocycles. The Bertz CT molecular complexity index is 455. The number of hydrogen-bond donors (Lipinski definition) is 1. The van der Waals surface area contributed by atoms with Crippen molar-refractivity contribution in [3.8, 4) is 0 Å². The summed E-state index contributed by atoms with van der Waals surface area (Å²) in [7, 11) is 0. The maximum Gasteiger partial charge on any atom is 0.116 e. The highest BCUT2D eigenvalue weighted by atomic mass is 16.5. The molecule has 0 saturated heterocycles. The largest absolute Gasteiger partial charge is 0.495 e. The van der Waals surface area contributed by atoms with Gasteiger partial charge < -0.3 is 14.6 Å². The van der Waals surface area contributed by atoms with Crippen LogP contribution in [-0.2, 0) is 9.47 Å². The molecule has 0 amide bonds. The predicted molar refractivity (Wildman–Crippen MR) is 84.9 cm³/mol. The minimum absolute atomic E-state index is 0.286. The molecule has 0 saturated carbocycles. The van der Waals surface area contributed by atoms with E-state index >= 15 is 0 Å². The highest BCUT2D eigenvalue weighted by molar-refractivity contribution is 5.24. The van der Waals surface area contributed by atoms with Gasteiger partial charge in [-0.25, -0.2) is 0 Å². The van der Waals surface area contributed by atoms with E-state index in [1.165, 1.54) is 5.57 Å². The Morgan fingerprint density at radius 1 is 1.10 bits per heavy atom. The van der Waals surface area contributed by atoms with Crippen molar-refractivity contribution in [3.63, 3.8) is 0 Å². The van der Waals surface area contributed by atoms with Gasteiger partial charge in [0, 0.05) is 6.42 Å². The second-order valence-corrected chi connectivity index (χ2v) is 6.04. The molecule has 0 bridgehead atoms. The lowest BCUT2D eigenvalue weighted by atomic mass is 9.91. The zero-order valence-electron chi connectivity index (χ0n) is 13.0. The lowest BCUT2D eigenvalue weighted by Crippen LogP contribution is -2.33. The fourth-order valence-corrected chi connectivity index (χ4v) is 2.45. The summed E-state index contributed by atoms with van der Waals surface area (Å²) in [5.74, 6) is 0.941. The highest BCUT2D eigenvalue weighted by Gasteiger charge is 2.25. The molecule has 0 heterocycles. The quantitative estimate of drug-likeness (QED) is 0.777. The molecule has 0 spiro atoms. The SMILES string of the molecule is CC(C)(OCC(O)COC1=CC=CCC1)C1=CC=CCC1. The zero-order chi connectivity index (χ0) is 15.1. The fraction of sp³-hybridized carbons (Fsp3) is 0.556. The molecule has 21 heavy (non-hydrogen) atoms. The minimum Gasteiger partial charge on any atom is -0.495 e. The number of ether oxygens (including phenoxy) is 2. The van der Waals surface area contributed by atoms with Gasteiger partial charge in [0.05, 0.1) is 18.0 Å². The van der Waals surface area contributed by atoms with E-state index in [4.69, 9.17) is 9.47 Å². The standard InChI is InChI=1S/C18H26O3/c1-18(2,15-9-5-3-6-10-15)21-14-16(19)13-20-17-11-7-4-8-12-17/h3-5,7,9,11,16,19H,6,8,10,12-14H2,1-2H3. The van der Waals surface area contributed by atoms with Crippen molar-refractivity contribution in [2.75, 3.05) is 13.2 Å². The van der Waals surface area contributed by atoms with Gasteiger partial charge in [-0.1, -0.05) is 30.4 Å². The van der Waals surface area contributed by atoms with Crippen molar-refractivity contribution in [2.24, 2.45) is 0 Å². The number of rotatable bonds is 7. The van der Waals surface area contributed by atoms with Gasteiger partial charge in [0.2, 0.25) is 0 Å². The molecule has 0 aromatic carbocycles. The molecule has 0 aromatic rings. The van der Waals surface area contributed by atoms with Crippen LogP contribution in [0.1, 0.15) is 39.5 Å². The zero-order valence-corrected chi connectivity index (χ0v) is 13.0. The van der Waals surface area contributed by atoms with Gasteiger partial charge in [0.25, 0.3) is 0 Å². The Hall–Kier alpha value is -1.32. The maximum atomic E-state index is 10.0. The van der Waals surface area contributed by atoms with E-state index in [1.54, 1.807) is 0 Å². The van der Waals surface area contributed by atoms with E-state index in [2.05, 4.69) is 38.2 Å². The third-order valence-corrected chi connectivity index (χ3v) is 3.86. The van der Waals surface area contributed by atoms with Gasteiger partial charge in [0.15, 0.2) is 0 Å². The van der Waals surface area contributed by atoms with Gasteiger partial charge >= 0.3 is 0 Å². The van der Waals surface area contributed by atoms with Crippen molar-refractivity contribution in [3.05, 3.63) is 47.8 Å². The molecule has 2 aliphatic carbocycles. The Kier molecular flexibility index (Phi) is 5.83. The third-order valence-electron chi connectivity index (χ3n) is 3.86. The molecule has 3 heteroatoms. The molecular weight excluding hydrogens is 264 g/mol. The normalized spacial score (nSPS) is 20.0. The molecule has 2 rings (SSSR count). The average molecular weight is 290 g/mol. The van der Waals surface area contributed by atoms with E-state index in [9.17, 15) is 5.11 Å². The lowest BCUT2D eigenvalue weighted by Gasteiger charge is -2.30. The Morgan fingerprint density at radius 2 is 1.81 bits per heavy atom. The summed E-state index contributed by atoms with van der Waals surface area (Å²) in [4.78, 5) is 0. The summed E-state index contributed by atoms with van der Waals surface area (Å²) in [5.41, 5.74) is 0.941. The van der Waals surface area contributed by atoms with Crippen LogP contribution in [0, 0.1) is 0 Å². The molecule has 2 aliphatic rings. The van der Waals surface area contributed by atoms with Crippen LogP contribution in [0.5, 0.6) is 0 Å². The van der Waals surface area contributed by atoms with Crippen molar-refractivity contribution in [2.45, 2.75) is 51.2 Å². The summed E-state index contributed by atoms with van der Waals surface area (Å²) in [5, 5.41) is 10.0. The average Bonchev–Trinajstić information content (AvgIpc) is 2.53. The van der Waals surface area contributed by atoms with Crippen LogP contribution in [0.25, 0.3) is 0 Å². The van der Waals surface area contributed by atoms with Gasteiger partial charge in [-0.2, -0.15) is 0 Å². The van der Waals surface area contributed by atoms with Gasteiger partial charge in [-0.3, -0.25) is 0 Å². The molecule has 1 N–H and O–H groups in total. The first-order valence-electron chi connectivity index (χ1n) is 7.74.